The van der Waals surface area contributed by atoms with Gasteiger partial charge in [0, 0.05) is 13.1 Å². The van der Waals surface area contributed by atoms with E-state index in [0.717, 1.165) is 23.5 Å². The maximum Gasteiger partial charge on any atom is 0.237 e. The first-order valence-electron chi connectivity index (χ1n) is 6.80. The highest BCUT2D eigenvalue weighted by Gasteiger charge is 2.27. The number of hydrogen-bond donors (Lipinski definition) is 3. The zero-order valence-electron chi connectivity index (χ0n) is 11.1. The molecule has 0 aliphatic carbocycles. The van der Waals surface area contributed by atoms with Crippen LogP contribution in [0.15, 0.2) is 18.2 Å². The second kappa shape index (κ2) is 5.68. The average Bonchev–Trinajstić information content (AvgIpc) is 3.06. The summed E-state index contributed by atoms with van der Waals surface area (Å²) in [5.74, 6) is 1.47. The molecule has 6 nitrogen and oxygen atoms in total. The van der Waals surface area contributed by atoms with Crippen LogP contribution in [-0.4, -0.2) is 43.0 Å². The molecule has 2 aliphatic heterocycles. The van der Waals surface area contributed by atoms with Crippen LogP contribution in [0.25, 0.3) is 0 Å². The molecule has 108 valence electrons. The molecule has 0 spiro atoms. The Morgan fingerprint density at radius 1 is 1.40 bits per heavy atom. The van der Waals surface area contributed by atoms with Crippen LogP contribution in [0, 0.1) is 0 Å². The van der Waals surface area contributed by atoms with E-state index in [1.165, 1.54) is 0 Å². The highest BCUT2D eigenvalue weighted by Crippen LogP contribution is 2.32. The van der Waals surface area contributed by atoms with Crippen molar-refractivity contribution in [3.8, 4) is 11.5 Å². The van der Waals surface area contributed by atoms with Crippen molar-refractivity contribution in [3.63, 3.8) is 0 Å². The van der Waals surface area contributed by atoms with E-state index >= 15 is 0 Å². The van der Waals surface area contributed by atoms with Gasteiger partial charge in [0.05, 0.1) is 12.1 Å². The van der Waals surface area contributed by atoms with Crippen LogP contribution in [0.4, 0.5) is 0 Å². The fraction of sp³-hybridized carbons (Fsp3) is 0.500. The van der Waals surface area contributed by atoms with Crippen molar-refractivity contribution in [2.45, 2.75) is 25.0 Å². The molecule has 1 saturated heterocycles. The molecule has 2 atom stereocenters. The molecule has 1 amide bonds. The summed E-state index contributed by atoms with van der Waals surface area (Å²) in [5, 5.41) is 15.2. The van der Waals surface area contributed by atoms with Gasteiger partial charge in [0.1, 0.15) is 0 Å². The summed E-state index contributed by atoms with van der Waals surface area (Å²) in [6.07, 6.45) is 0.799. The van der Waals surface area contributed by atoms with Crippen molar-refractivity contribution in [1.82, 2.24) is 10.6 Å². The molecule has 1 fully saturated rings. The number of carbonyl (C=O) groups excluding carboxylic acids is 1. The lowest BCUT2D eigenvalue weighted by molar-refractivity contribution is -0.122. The SMILES string of the molecule is O=C(NCCc1ccc2c(c1)OCO2)[C@H]1C[C@H](O)CN1. The molecular formula is C14H18N2O4. The van der Waals surface area contributed by atoms with Gasteiger partial charge in [-0.3, -0.25) is 4.79 Å². The Bertz CT molecular complexity index is 506. The van der Waals surface area contributed by atoms with Crippen LogP contribution < -0.4 is 20.1 Å². The monoisotopic (exact) mass is 278 g/mol. The van der Waals surface area contributed by atoms with Crippen LogP contribution in [0.1, 0.15) is 12.0 Å². The lowest BCUT2D eigenvalue weighted by Gasteiger charge is -2.11. The quantitative estimate of drug-likeness (QED) is 0.710. The first kappa shape index (κ1) is 13.2. The molecule has 0 unspecified atom stereocenters. The minimum atomic E-state index is -0.417. The van der Waals surface area contributed by atoms with E-state index in [-0.39, 0.29) is 18.7 Å². The fourth-order valence-corrected chi connectivity index (χ4v) is 2.47. The Morgan fingerprint density at radius 3 is 3.05 bits per heavy atom. The molecule has 0 saturated carbocycles. The van der Waals surface area contributed by atoms with Crippen molar-refractivity contribution in [1.29, 1.82) is 0 Å². The second-order valence-electron chi connectivity index (χ2n) is 5.08. The number of rotatable bonds is 4. The molecule has 6 heteroatoms. The second-order valence-corrected chi connectivity index (χ2v) is 5.08. The van der Waals surface area contributed by atoms with Crippen molar-refractivity contribution >= 4 is 5.91 Å². The lowest BCUT2D eigenvalue weighted by Crippen LogP contribution is -2.41. The van der Waals surface area contributed by atoms with Crippen molar-refractivity contribution in [2.75, 3.05) is 19.9 Å². The molecule has 0 radical (unpaired) electrons. The number of benzene rings is 1. The normalized spacial score (nSPS) is 23.9. The molecule has 3 rings (SSSR count). The standard InChI is InChI=1S/C14H18N2O4/c17-10-6-11(16-7-10)14(18)15-4-3-9-1-2-12-13(5-9)20-8-19-12/h1-2,5,10-11,16-17H,3-4,6-8H2,(H,15,18)/t10-,11+/m0/s1. The highest BCUT2D eigenvalue weighted by molar-refractivity contribution is 5.82. The molecule has 20 heavy (non-hydrogen) atoms. The maximum absolute atomic E-state index is 11.8. The van der Waals surface area contributed by atoms with Crippen molar-refractivity contribution in [2.24, 2.45) is 0 Å². The summed E-state index contributed by atoms with van der Waals surface area (Å²) in [6, 6.07) is 5.51. The summed E-state index contributed by atoms with van der Waals surface area (Å²) >= 11 is 0. The van der Waals surface area contributed by atoms with Gasteiger partial charge in [0.25, 0.3) is 0 Å². The zero-order valence-corrected chi connectivity index (χ0v) is 11.1. The van der Waals surface area contributed by atoms with E-state index in [1.807, 2.05) is 18.2 Å². The Kier molecular flexibility index (Phi) is 3.75. The Morgan fingerprint density at radius 2 is 2.25 bits per heavy atom. The van der Waals surface area contributed by atoms with Crippen molar-refractivity contribution in [3.05, 3.63) is 23.8 Å². The third kappa shape index (κ3) is 2.86. The average molecular weight is 278 g/mol. The molecule has 0 aromatic heterocycles. The molecule has 1 aromatic carbocycles. The van der Waals surface area contributed by atoms with Gasteiger partial charge in [-0.05, 0) is 30.5 Å². The van der Waals surface area contributed by atoms with Crippen LogP contribution in [-0.2, 0) is 11.2 Å². The number of aliphatic hydroxyl groups excluding tert-OH is 1. The minimum absolute atomic E-state index is 0.0534. The van der Waals surface area contributed by atoms with Gasteiger partial charge in [-0.15, -0.1) is 0 Å². The number of β-amino-alcohol motifs (C(OH)–C–C–N with tert-alkyl or cyclic N) is 1. The molecule has 2 heterocycles. The lowest BCUT2D eigenvalue weighted by atomic mass is 10.1. The molecule has 1 aromatic rings. The Labute approximate surface area is 117 Å². The van der Waals surface area contributed by atoms with Gasteiger partial charge in [0.15, 0.2) is 11.5 Å². The predicted octanol–water partition coefficient (Wildman–Crippen LogP) is -0.203. The minimum Gasteiger partial charge on any atom is -0.454 e. The van der Waals surface area contributed by atoms with E-state index in [9.17, 15) is 9.90 Å². The van der Waals surface area contributed by atoms with E-state index in [1.54, 1.807) is 0 Å². The van der Waals surface area contributed by atoms with E-state index < -0.39 is 6.10 Å². The van der Waals surface area contributed by atoms with Crippen LogP contribution in [0.2, 0.25) is 0 Å². The number of aliphatic hydroxyl groups is 1. The zero-order chi connectivity index (χ0) is 13.9. The molecule has 2 aliphatic rings. The first-order valence-corrected chi connectivity index (χ1v) is 6.80. The molecular weight excluding hydrogens is 260 g/mol. The molecule has 3 N–H and O–H groups in total. The van der Waals surface area contributed by atoms with Gasteiger partial charge in [-0.2, -0.15) is 0 Å². The number of nitrogens with one attached hydrogen (secondary N) is 2. The smallest absolute Gasteiger partial charge is 0.237 e. The number of carbonyl (C=O) groups is 1. The van der Waals surface area contributed by atoms with Gasteiger partial charge in [-0.1, -0.05) is 6.07 Å². The van der Waals surface area contributed by atoms with Gasteiger partial charge in [-0.25, -0.2) is 0 Å². The summed E-state index contributed by atoms with van der Waals surface area (Å²) in [5.41, 5.74) is 1.09. The third-order valence-electron chi connectivity index (χ3n) is 3.57. The molecule has 0 bridgehead atoms. The van der Waals surface area contributed by atoms with E-state index in [4.69, 9.17) is 9.47 Å². The van der Waals surface area contributed by atoms with Gasteiger partial charge >= 0.3 is 0 Å². The topological polar surface area (TPSA) is 79.8 Å². The summed E-state index contributed by atoms with van der Waals surface area (Å²) in [6.45, 7) is 1.32. The largest absolute Gasteiger partial charge is 0.454 e. The summed E-state index contributed by atoms with van der Waals surface area (Å²) < 4.78 is 10.6. The van der Waals surface area contributed by atoms with Crippen LogP contribution >= 0.6 is 0 Å². The summed E-state index contributed by atoms with van der Waals surface area (Å²) in [7, 11) is 0. The van der Waals surface area contributed by atoms with Gasteiger partial charge < -0.3 is 25.2 Å². The number of ether oxygens (including phenoxy) is 2. The predicted molar refractivity (Wildman–Crippen MR) is 71.7 cm³/mol. The Hall–Kier alpha value is -1.79. The number of fused-ring (bicyclic) bond motifs is 1. The Balaban J connectivity index is 1.47. The van der Waals surface area contributed by atoms with Crippen LogP contribution in [0.3, 0.4) is 0 Å². The van der Waals surface area contributed by atoms with E-state index in [2.05, 4.69) is 10.6 Å². The first-order chi connectivity index (χ1) is 9.72. The number of amides is 1. The van der Waals surface area contributed by atoms with E-state index in [0.29, 0.717) is 19.5 Å². The third-order valence-corrected chi connectivity index (χ3v) is 3.57. The maximum atomic E-state index is 11.8. The van der Waals surface area contributed by atoms with Crippen molar-refractivity contribution < 1.29 is 19.4 Å². The summed E-state index contributed by atoms with van der Waals surface area (Å²) in [4.78, 5) is 11.8. The highest BCUT2D eigenvalue weighted by atomic mass is 16.7. The van der Waals surface area contributed by atoms with Crippen LogP contribution in [0.5, 0.6) is 11.5 Å². The fourth-order valence-electron chi connectivity index (χ4n) is 2.47. The van der Waals surface area contributed by atoms with Gasteiger partial charge in [0.2, 0.25) is 12.7 Å². The number of hydrogen-bond acceptors (Lipinski definition) is 5.